The molecule has 6 heteroatoms. The standard InChI is InChI=1S/C22H20ClN3OS/c23-20-11-6-9-18(13-20)15-27-21-12-5-4-10-19(21)14-25-26-22(24)28-16-17-7-2-1-3-8-17/h1-14H,15-16H2,(H2,24,26). The Morgan fingerprint density at radius 3 is 2.54 bits per heavy atom. The van der Waals surface area contributed by atoms with E-state index < -0.39 is 0 Å². The molecule has 0 heterocycles. The van der Waals surface area contributed by atoms with E-state index in [1.54, 1.807) is 6.21 Å². The van der Waals surface area contributed by atoms with Crippen LogP contribution in [0.1, 0.15) is 16.7 Å². The summed E-state index contributed by atoms with van der Waals surface area (Å²) in [6.45, 7) is 0.420. The topological polar surface area (TPSA) is 60.0 Å². The van der Waals surface area contributed by atoms with E-state index in [0.29, 0.717) is 16.8 Å². The first-order valence-electron chi connectivity index (χ1n) is 8.70. The maximum Gasteiger partial charge on any atom is 0.180 e. The van der Waals surface area contributed by atoms with E-state index in [9.17, 15) is 0 Å². The third-order valence-corrected chi connectivity index (χ3v) is 4.88. The van der Waals surface area contributed by atoms with Crippen molar-refractivity contribution in [1.29, 1.82) is 0 Å². The molecule has 3 aromatic rings. The number of rotatable bonds is 7. The Hall–Kier alpha value is -2.76. The third-order valence-electron chi connectivity index (χ3n) is 3.79. The summed E-state index contributed by atoms with van der Waals surface area (Å²) >= 11 is 7.46. The summed E-state index contributed by atoms with van der Waals surface area (Å²) in [5, 5.41) is 9.26. The van der Waals surface area contributed by atoms with Crippen LogP contribution in [-0.2, 0) is 12.4 Å². The molecule has 0 aliphatic heterocycles. The lowest BCUT2D eigenvalue weighted by Crippen LogP contribution is -2.06. The molecule has 2 N–H and O–H groups in total. The molecule has 0 aliphatic carbocycles. The Morgan fingerprint density at radius 2 is 1.71 bits per heavy atom. The summed E-state index contributed by atoms with van der Waals surface area (Å²) in [4.78, 5) is 0. The molecule has 28 heavy (non-hydrogen) atoms. The van der Waals surface area contributed by atoms with E-state index >= 15 is 0 Å². The smallest absolute Gasteiger partial charge is 0.180 e. The maximum absolute atomic E-state index is 6.02. The second-order valence-electron chi connectivity index (χ2n) is 5.91. The van der Waals surface area contributed by atoms with Crippen molar-refractivity contribution in [1.82, 2.24) is 0 Å². The molecule has 0 radical (unpaired) electrons. The first-order chi connectivity index (χ1) is 13.7. The van der Waals surface area contributed by atoms with Crippen LogP contribution in [0.25, 0.3) is 0 Å². The number of halogens is 1. The number of ether oxygens (including phenoxy) is 1. The number of nitrogens with two attached hydrogens (primary N) is 1. The number of para-hydroxylation sites is 1. The van der Waals surface area contributed by atoms with Gasteiger partial charge in [-0.05, 0) is 35.4 Å². The van der Waals surface area contributed by atoms with Crippen LogP contribution in [0.5, 0.6) is 5.75 Å². The monoisotopic (exact) mass is 409 g/mol. The zero-order chi connectivity index (χ0) is 19.6. The fraction of sp³-hybridized carbons (Fsp3) is 0.0909. The van der Waals surface area contributed by atoms with Crippen molar-refractivity contribution in [2.75, 3.05) is 0 Å². The zero-order valence-corrected chi connectivity index (χ0v) is 16.7. The second kappa shape index (κ2) is 10.5. The van der Waals surface area contributed by atoms with Crippen molar-refractivity contribution in [3.63, 3.8) is 0 Å². The third kappa shape index (κ3) is 6.44. The van der Waals surface area contributed by atoms with Gasteiger partial charge in [0.05, 0.1) is 6.21 Å². The molecular formula is C22H20ClN3OS. The Morgan fingerprint density at radius 1 is 0.964 bits per heavy atom. The molecule has 0 aromatic heterocycles. The summed E-state index contributed by atoms with van der Waals surface area (Å²) < 4.78 is 5.91. The van der Waals surface area contributed by atoms with Gasteiger partial charge in [-0.15, -0.1) is 5.10 Å². The van der Waals surface area contributed by atoms with E-state index in [-0.39, 0.29) is 0 Å². The summed E-state index contributed by atoms with van der Waals surface area (Å²) in [5.41, 5.74) is 8.94. The minimum absolute atomic E-state index is 0.414. The highest BCUT2D eigenvalue weighted by atomic mass is 35.5. The van der Waals surface area contributed by atoms with Gasteiger partial charge in [0.1, 0.15) is 12.4 Å². The summed E-state index contributed by atoms with van der Waals surface area (Å²) in [6.07, 6.45) is 1.64. The number of hydrogen-bond donors (Lipinski definition) is 1. The molecule has 0 unspecified atom stereocenters. The highest BCUT2D eigenvalue weighted by Gasteiger charge is 2.02. The summed E-state index contributed by atoms with van der Waals surface area (Å²) in [5.74, 6) is 1.47. The van der Waals surface area contributed by atoms with Crippen molar-refractivity contribution in [2.45, 2.75) is 12.4 Å². The average Bonchev–Trinajstić information content (AvgIpc) is 2.72. The van der Waals surface area contributed by atoms with Crippen molar-refractivity contribution in [2.24, 2.45) is 15.9 Å². The van der Waals surface area contributed by atoms with Gasteiger partial charge in [0, 0.05) is 16.3 Å². The molecule has 0 fully saturated rings. The predicted molar refractivity (Wildman–Crippen MR) is 119 cm³/mol. The molecule has 0 saturated carbocycles. The average molecular weight is 410 g/mol. The molecule has 0 aliphatic rings. The lowest BCUT2D eigenvalue weighted by molar-refractivity contribution is 0.306. The van der Waals surface area contributed by atoms with Crippen LogP contribution in [0.4, 0.5) is 0 Å². The predicted octanol–water partition coefficient (Wildman–Crippen LogP) is 5.50. The van der Waals surface area contributed by atoms with Gasteiger partial charge in [0.2, 0.25) is 0 Å². The van der Waals surface area contributed by atoms with E-state index in [4.69, 9.17) is 22.1 Å². The largest absolute Gasteiger partial charge is 0.488 e. The second-order valence-corrected chi connectivity index (χ2v) is 7.35. The van der Waals surface area contributed by atoms with Gasteiger partial charge in [-0.3, -0.25) is 0 Å². The molecule has 3 aromatic carbocycles. The molecule has 4 nitrogen and oxygen atoms in total. The van der Waals surface area contributed by atoms with Gasteiger partial charge in [0.25, 0.3) is 0 Å². The van der Waals surface area contributed by atoms with Gasteiger partial charge < -0.3 is 10.5 Å². The van der Waals surface area contributed by atoms with Gasteiger partial charge >= 0.3 is 0 Å². The Labute approximate surface area is 174 Å². The number of nitrogens with zero attached hydrogens (tertiary/aromatic N) is 2. The molecule has 142 valence electrons. The summed E-state index contributed by atoms with van der Waals surface area (Å²) in [6, 6.07) is 25.3. The first kappa shape index (κ1) is 20.0. The van der Waals surface area contributed by atoms with Crippen molar-refractivity contribution in [3.05, 3.63) is 101 Å². The molecule has 0 spiro atoms. The number of amidine groups is 1. The minimum atomic E-state index is 0.414. The Kier molecular flexibility index (Phi) is 7.53. The van der Waals surface area contributed by atoms with Crippen LogP contribution in [0.2, 0.25) is 5.02 Å². The fourth-order valence-corrected chi connectivity index (χ4v) is 3.24. The molecule has 0 amide bonds. The summed E-state index contributed by atoms with van der Waals surface area (Å²) in [7, 11) is 0. The molecule has 3 rings (SSSR count). The van der Waals surface area contributed by atoms with Crippen molar-refractivity contribution in [3.8, 4) is 5.75 Å². The number of thioether (sulfide) groups is 1. The molecule has 0 bridgehead atoms. The highest BCUT2D eigenvalue weighted by Crippen LogP contribution is 2.19. The van der Waals surface area contributed by atoms with Crippen LogP contribution in [0, 0.1) is 0 Å². The van der Waals surface area contributed by atoms with Gasteiger partial charge in [0.15, 0.2) is 5.17 Å². The molecule has 0 saturated heterocycles. The van der Waals surface area contributed by atoms with Crippen LogP contribution < -0.4 is 10.5 Å². The van der Waals surface area contributed by atoms with Crippen LogP contribution >= 0.6 is 23.4 Å². The lowest BCUT2D eigenvalue weighted by Gasteiger charge is -2.09. The Bertz CT molecular complexity index is 961. The molecular weight excluding hydrogens is 390 g/mol. The van der Waals surface area contributed by atoms with Gasteiger partial charge in [-0.2, -0.15) is 5.10 Å². The van der Waals surface area contributed by atoms with Crippen LogP contribution in [-0.4, -0.2) is 11.4 Å². The van der Waals surface area contributed by atoms with Crippen LogP contribution in [0.3, 0.4) is 0 Å². The normalized spacial score (nSPS) is 11.7. The minimum Gasteiger partial charge on any atom is -0.488 e. The maximum atomic E-state index is 6.02. The first-order valence-corrected chi connectivity index (χ1v) is 10.1. The van der Waals surface area contributed by atoms with Gasteiger partial charge in [-0.1, -0.05) is 78.0 Å². The lowest BCUT2D eigenvalue weighted by atomic mass is 10.2. The van der Waals surface area contributed by atoms with E-state index in [0.717, 1.165) is 22.6 Å². The highest BCUT2D eigenvalue weighted by molar-refractivity contribution is 8.13. The Balaban J connectivity index is 1.59. The quantitative estimate of drug-likeness (QED) is 0.318. The number of benzene rings is 3. The zero-order valence-electron chi connectivity index (χ0n) is 15.2. The van der Waals surface area contributed by atoms with E-state index in [1.165, 1.54) is 17.3 Å². The SMILES string of the molecule is NC(=NN=Cc1ccccc1OCc1cccc(Cl)c1)SCc1ccccc1. The van der Waals surface area contributed by atoms with Gasteiger partial charge in [-0.25, -0.2) is 0 Å². The van der Waals surface area contributed by atoms with Crippen molar-refractivity contribution < 1.29 is 4.74 Å². The van der Waals surface area contributed by atoms with Crippen molar-refractivity contribution >= 4 is 34.7 Å². The van der Waals surface area contributed by atoms with E-state index in [2.05, 4.69) is 22.3 Å². The van der Waals surface area contributed by atoms with E-state index in [1.807, 2.05) is 66.7 Å². The fourth-order valence-electron chi connectivity index (χ4n) is 2.41. The van der Waals surface area contributed by atoms with Crippen LogP contribution in [0.15, 0.2) is 89.1 Å². The molecule has 0 atom stereocenters. The number of hydrogen-bond acceptors (Lipinski definition) is 4.